The Balaban J connectivity index is 3.24. The number of hydrogen-bond donors (Lipinski definition) is 1. The van der Waals surface area contributed by atoms with E-state index in [1.807, 2.05) is 0 Å². The van der Waals surface area contributed by atoms with E-state index >= 15 is 0 Å². The molecule has 4 nitrogen and oxygen atoms in total. The average molecular weight is 499 g/mol. The highest BCUT2D eigenvalue weighted by Crippen LogP contribution is 2.15. The SMILES string of the molecule is CCCCCCCCCCCCCCCCCCCCCCOCC(CO)OC(=O)CCCCC. The van der Waals surface area contributed by atoms with Gasteiger partial charge in [0.25, 0.3) is 0 Å². The number of aliphatic hydroxyl groups is 1. The lowest BCUT2D eigenvalue weighted by atomic mass is 10.0. The van der Waals surface area contributed by atoms with Crippen LogP contribution >= 0.6 is 0 Å². The highest BCUT2D eigenvalue weighted by atomic mass is 16.6. The molecule has 0 spiro atoms. The van der Waals surface area contributed by atoms with Crippen molar-refractivity contribution in [1.29, 1.82) is 0 Å². The molecule has 35 heavy (non-hydrogen) atoms. The van der Waals surface area contributed by atoms with E-state index in [0.717, 1.165) is 25.7 Å². The van der Waals surface area contributed by atoms with Gasteiger partial charge in [0.2, 0.25) is 0 Å². The summed E-state index contributed by atoms with van der Waals surface area (Å²) in [6, 6.07) is 0. The molecule has 0 amide bonds. The molecular formula is C31H62O4. The van der Waals surface area contributed by atoms with Crippen LogP contribution in [0.2, 0.25) is 0 Å². The molecule has 0 aliphatic heterocycles. The van der Waals surface area contributed by atoms with E-state index in [2.05, 4.69) is 13.8 Å². The minimum atomic E-state index is -0.519. The summed E-state index contributed by atoms with van der Waals surface area (Å²) in [4.78, 5) is 11.7. The van der Waals surface area contributed by atoms with Crippen molar-refractivity contribution >= 4 is 5.97 Å². The van der Waals surface area contributed by atoms with Gasteiger partial charge in [-0.2, -0.15) is 0 Å². The van der Waals surface area contributed by atoms with E-state index in [4.69, 9.17) is 9.47 Å². The first-order chi connectivity index (χ1) is 17.2. The lowest BCUT2D eigenvalue weighted by molar-refractivity contribution is -0.154. The molecule has 0 saturated heterocycles. The first kappa shape index (κ1) is 34.4. The summed E-state index contributed by atoms with van der Waals surface area (Å²) in [6.07, 6.45) is 30.5. The fourth-order valence-electron chi connectivity index (χ4n) is 4.56. The van der Waals surface area contributed by atoms with Crippen LogP contribution in [0.15, 0.2) is 0 Å². The number of rotatable bonds is 29. The molecule has 0 saturated carbocycles. The summed E-state index contributed by atoms with van der Waals surface area (Å²) in [5.41, 5.74) is 0. The summed E-state index contributed by atoms with van der Waals surface area (Å²) in [7, 11) is 0. The Morgan fingerprint density at radius 2 is 0.943 bits per heavy atom. The van der Waals surface area contributed by atoms with Gasteiger partial charge >= 0.3 is 5.97 Å². The zero-order valence-corrected chi connectivity index (χ0v) is 23.8. The Labute approximate surface area is 219 Å². The average Bonchev–Trinajstić information content (AvgIpc) is 2.86. The maximum Gasteiger partial charge on any atom is 0.306 e. The highest BCUT2D eigenvalue weighted by Gasteiger charge is 2.13. The van der Waals surface area contributed by atoms with Crippen LogP contribution in [-0.4, -0.2) is 37.0 Å². The van der Waals surface area contributed by atoms with Crippen molar-refractivity contribution in [2.45, 2.75) is 174 Å². The Morgan fingerprint density at radius 3 is 1.34 bits per heavy atom. The first-order valence-corrected chi connectivity index (χ1v) is 15.6. The number of carbonyl (C=O) groups excluding carboxylic acids is 1. The molecule has 0 radical (unpaired) electrons. The van der Waals surface area contributed by atoms with E-state index < -0.39 is 6.10 Å². The minimum absolute atomic E-state index is 0.168. The maximum atomic E-state index is 11.7. The van der Waals surface area contributed by atoms with Gasteiger partial charge in [-0.3, -0.25) is 4.79 Å². The number of esters is 1. The monoisotopic (exact) mass is 498 g/mol. The summed E-state index contributed by atoms with van der Waals surface area (Å²) in [5, 5.41) is 9.36. The largest absolute Gasteiger partial charge is 0.457 e. The molecule has 0 rings (SSSR count). The van der Waals surface area contributed by atoms with Crippen LogP contribution < -0.4 is 0 Å². The molecule has 0 fully saturated rings. The predicted molar refractivity (Wildman–Crippen MR) is 150 cm³/mol. The van der Waals surface area contributed by atoms with E-state index in [-0.39, 0.29) is 12.6 Å². The molecule has 0 heterocycles. The zero-order valence-electron chi connectivity index (χ0n) is 23.8. The standard InChI is InChI=1S/C31H62O4/c1-3-5-7-8-9-10-11-12-13-14-15-16-17-18-19-20-21-22-23-25-27-34-29-30(28-32)35-31(33)26-24-6-4-2/h30,32H,3-29H2,1-2H3. The Morgan fingerprint density at radius 1 is 0.571 bits per heavy atom. The molecule has 0 bridgehead atoms. The third kappa shape index (κ3) is 27.8. The number of hydrogen-bond acceptors (Lipinski definition) is 4. The van der Waals surface area contributed by atoms with E-state index in [1.54, 1.807) is 0 Å². The lowest BCUT2D eigenvalue weighted by Crippen LogP contribution is -2.27. The Hall–Kier alpha value is -0.610. The normalized spacial score (nSPS) is 12.2. The zero-order chi connectivity index (χ0) is 25.7. The van der Waals surface area contributed by atoms with Crippen LogP contribution in [0.1, 0.15) is 168 Å². The van der Waals surface area contributed by atoms with Gasteiger partial charge in [-0.05, 0) is 12.8 Å². The summed E-state index contributed by atoms with van der Waals surface area (Å²) in [5.74, 6) is -0.222. The molecule has 0 aliphatic carbocycles. The molecule has 0 aliphatic rings. The van der Waals surface area contributed by atoms with E-state index in [1.165, 1.54) is 122 Å². The molecular weight excluding hydrogens is 436 g/mol. The smallest absolute Gasteiger partial charge is 0.306 e. The third-order valence-corrected chi connectivity index (χ3v) is 6.93. The molecule has 1 N–H and O–H groups in total. The topological polar surface area (TPSA) is 55.8 Å². The van der Waals surface area contributed by atoms with Crippen LogP contribution in [0.25, 0.3) is 0 Å². The second-order valence-electron chi connectivity index (χ2n) is 10.5. The molecule has 0 aromatic carbocycles. The summed E-state index contributed by atoms with van der Waals surface area (Å²) in [6.45, 7) is 5.21. The number of unbranched alkanes of at least 4 members (excludes halogenated alkanes) is 21. The van der Waals surface area contributed by atoms with Crippen molar-refractivity contribution in [3.8, 4) is 0 Å². The highest BCUT2D eigenvalue weighted by molar-refractivity contribution is 5.69. The molecule has 1 unspecified atom stereocenters. The van der Waals surface area contributed by atoms with E-state index in [0.29, 0.717) is 19.6 Å². The van der Waals surface area contributed by atoms with Crippen LogP contribution in [-0.2, 0) is 14.3 Å². The predicted octanol–water partition coefficient (Wildman–Crippen LogP) is 9.31. The Bertz CT molecular complexity index is 413. The van der Waals surface area contributed by atoms with Crippen molar-refractivity contribution in [3.63, 3.8) is 0 Å². The van der Waals surface area contributed by atoms with E-state index in [9.17, 15) is 9.90 Å². The van der Waals surface area contributed by atoms with Gasteiger partial charge in [-0.15, -0.1) is 0 Å². The van der Waals surface area contributed by atoms with Gasteiger partial charge in [0, 0.05) is 13.0 Å². The fourth-order valence-corrected chi connectivity index (χ4v) is 4.56. The molecule has 210 valence electrons. The fraction of sp³-hybridized carbons (Fsp3) is 0.968. The minimum Gasteiger partial charge on any atom is -0.457 e. The van der Waals surface area contributed by atoms with Gasteiger partial charge in [0.05, 0.1) is 13.2 Å². The second kappa shape index (κ2) is 29.6. The Kier molecular flexibility index (Phi) is 29.1. The van der Waals surface area contributed by atoms with Crippen molar-refractivity contribution in [1.82, 2.24) is 0 Å². The first-order valence-electron chi connectivity index (χ1n) is 15.6. The second-order valence-corrected chi connectivity index (χ2v) is 10.5. The van der Waals surface area contributed by atoms with Crippen molar-refractivity contribution < 1.29 is 19.4 Å². The van der Waals surface area contributed by atoms with Crippen LogP contribution in [0.4, 0.5) is 0 Å². The van der Waals surface area contributed by atoms with Gasteiger partial charge in [-0.25, -0.2) is 0 Å². The summed E-state index contributed by atoms with van der Waals surface area (Å²) < 4.78 is 10.9. The quantitative estimate of drug-likeness (QED) is 0.0824. The van der Waals surface area contributed by atoms with Gasteiger partial charge < -0.3 is 14.6 Å². The number of aliphatic hydroxyl groups excluding tert-OH is 1. The molecule has 4 heteroatoms. The molecule has 1 atom stereocenters. The number of carbonyl (C=O) groups is 1. The van der Waals surface area contributed by atoms with Crippen molar-refractivity contribution in [3.05, 3.63) is 0 Å². The van der Waals surface area contributed by atoms with Crippen LogP contribution in [0.3, 0.4) is 0 Å². The number of ether oxygens (including phenoxy) is 2. The third-order valence-electron chi connectivity index (χ3n) is 6.93. The van der Waals surface area contributed by atoms with Crippen molar-refractivity contribution in [2.24, 2.45) is 0 Å². The lowest BCUT2D eigenvalue weighted by Gasteiger charge is -2.15. The van der Waals surface area contributed by atoms with Gasteiger partial charge in [0.1, 0.15) is 6.10 Å². The molecule has 0 aromatic rings. The summed E-state index contributed by atoms with van der Waals surface area (Å²) >= 11 is 0. The van der Waals surface area contributed by atoms with Crippen molar-refractivity contribution in [2.75, 3.05) is 19.8 Å². The van der Waals surface area contributed by atoms with Crippen LogP contribution in [0.5, 0.6) is 0 Å². The van der Waals surface area contributed by atoms with Gasteiger partial charge in [-0.1, -0.05) is 149 Å². The van der Waals surface area contributed by atoms with Gasteiger partial charge in [0.15, 0.2) is 0 Å². The maximum absolute atomic E-state index is 11.7. The van der Waals surface area contributed by atoms with Crippen LogP contribution in [0, 0.1) is 0 Å². The molecule has 0 aromatic heterocycles.